The van der Waals surface area contributed by atoms with E-state index in [2.05, 4.69) is 11.2 Å². The zero-order valence-corrected chi connectivity index (χ0v) is 9.93. The van der Waals surface area contributed by atoms with E-state index in [9.17, 15) is 8.42 Å². The van der Waals surface area contributed by atoms with Crippen LogP contribution in [-0.2, 0) is 9.84 Å². The maximum atomic E-state index is 11.6. The zero-order valence-electron chi connectivity index (χ0n) is 9.11. The molecule has 1 rings (SSSR count). The minimum atomic E-state index is -3.43. The second-order valence-corrected chi connectivity index (χ2v) is 5.27. The Labute approximate surface area is 91.2 Å². The summed E-state index contributed by atoms with van der Waals surface area (Å²) in [5.74, 6) is 2.73. The smallest absolute Gasteiger partial charge is 0.210 e. The number of sulfone groups is 1. The molecule has 15 heavy (non-hydrogen) atoms. The Kier molecular flexibility index (Phi) is 3.54. The number of hydrogen-bond acceptors (Lipinski definition) is 2. The molecule has 1 aromatic rings. The highest BCUT2D eigenvalue weighted by atomic mass is 32.2. The monoisotopic (exact) mass is 222 g/mol. The van der Waals surface area contributed by atoms with E-state index < -0.39 is 9.84 Å². The molecule has 0 aromatic heterocycles. The SMILES string of the molecule is CC#CS(=O)(=O)c1cccc(C(C)C)c1. The summed E-state index contributed by atoms with van der Waals surface area (Å²) in [6, 6.07) is 6.93. The third-order valence-corrected chi connectivity index (χ3v) is 3.42. The van der Waals surface area contributed by atoms with E-state index >= 15 is 0 Å². The van der Waals surface area contributed by atoms with Crippen LogP contribution in [0.5, 0.6) is 0 Å². The van der Waals surface area contributed by atoms with Crippen LogP contribution in [0.3, 0.4) is 0 Å². The standard InChI is InChI=1S/C12H14O2S/c1-4-8-15(13,14)12-7-5-6-11(9-12)10(2)3/h5-7,9-10H,1-3H3. The number of hydrogen-bond donors (Lipinski definition) is 0. The Morgan fingerprint density at radius 1 is 1.27 bits per heavy atom. The van der Waals surface area contributed by atoms with Gasteiger partial charge in [-0.1, -0.05) is 31.9 Å². The normalized spacial score (nSPS) is 10.9. The van der Waals surface area contributed by atoms with Gasteiger partial charge in [0.1, 0.15) is 0 Å². The average Bonchev–Trinajstić information content (AvgIpc) is 2.18. The van der Waals surface area contributed by atoms with Gasteiger partial charge in [0.15, 0.2) is 0 Å². The molecule has 0 radical (unpaired) electrons. The van der Waals surface area contributed by atoms with Gasteiger partial charge in [-0.15, -0.1) is 0 Å². The first kappa shape index (κ1) is 11.8. The molecule has 0 saturated carbocycles. The van der Waals surface area contributed by atoms with Gasteiger partial charge in [-0.3, -0.25) is 0 Å². The lowest BCUT2D eigenvalue weighted by Crippen LogP contribution is -1.98. The van der Waals surface area contributed by atoms with E-state index in [1.54, 1.807) is 18.2 Å². The first-order chi connectivity index (χ1) is 6.97. The second kappa shape index (κ2) is 4.50. The fourth-order valence-electron chi connectivity index (χ4n) is 1.23. The molecular formula is C12H14O2S. The first-order valence-corrected chi connectivity index (χ1v) is 6.24. The Morgan fingerprint density at radius 2 is 1.93 bits per heavy atom. The van der Waals surface area contributed by atoms with Crippen molar-refractivity contribution in [3.05, 3.63) is 29.8 Å². The quantitative estimate of drug-likeness (QED) is 0.569. The summed E-state index contributed by atoms with van der Waals surface area (Å²) in [7, 11) is -3.43. The molecule has 2 nitrogen and oxygen atoms in total. The van der Waals surface area contributed by atoms with Crippen LogP contribution in [0, 0.1) is 11.2 Å². The average molecular weight is 222 g/mol. The van der Waals surface area contributed by atoms with Crippen LogP contribution in [0.15, 0.2) is 29.2 Å². The lowest BCUT2D eigenvalue weighted by Gasteiger charge is -2.06. The minimum absolute atomic E-state index is 0.281. The highest BCUT2D eigenvalue weighted by Gasteiger charge is 2.11. The molecular weight excluding hydrogens is 208 g/mol. The largest absolute Gasteiger partial charge is 0.245 e. The molecule has 0 saturated heterocycles. The molecule has 0 heterocycles. The van der Waals surface area contributed by atoms with Crippen LogP contribution < -0.4 is 0 Å². The lowest BCUT2D eigenvalue weighted by molar-refractivity contribution is 0.606. The maximum Gasteiger partial charge on any atom is 0.245 e. The summed E-state index contributed by atoms with van der Waals surface area (Å²) >= 11 is 0. The van der Waals surface area contributed by atoms with Gasteiger partial charge in [0.25, 0.3) is 0 Å². The van der Waals surface area contributed by atoms with Crippen molar-refractivity contribution in [1.29, 1.82) is 0 Å². The molecule has 0 amide bonds. The molecule has 0 unspecified atom stereocenters. The Morgan fingerprint density at radius 3 is 2.47 bits per heavy atom. The molecule has 0 spiro atoms. The van der Waals surface area contributed by atoms with Gasteiger partial charge in [-0.05, 0) is 30.5 Å². The topological polar surface area (TPSA) is 34.1 Å². The van der Waals surface area contributed by atoms with Gasteiger partial charge in [0, 0.05) is 5.25 Å². The molecule has 0 aliphatic rings. The molecule has 0 N–H and O–H groups in total. The van der Waals surface area contributed by atoms with E-state index in [0.717, 1.165) is 5.56 Å². The molecule has 80 valence electrons. The predicted molar refractivity (Wildman–Crippen MR) is 61.2 cm³/mol. The van der Waals surface area contributed by atoms with E-state index in [0.29, 0.717) is 5.92 Å². The lowest BCUT2D eigenvalue weighted by atomic mass is 10.0. The zero-order chi connectivity index (χ0) is 11.5. The van der Waals surface area contributed by atoms with E-state index in [1.165, 1.54) is 6.92 Å². The molecule has 3 heteroatoms. The van der Waals surface area contributed by atoms with Crippen molar-refractivity contribution in [2.45, 2.75) is 31.6 Å². The summed E-state index contributed by atoms with van der Waals surface area (Å²) in [6.07, 6.45) is 0. The third kappa shape index (κ3) is 2.84. The van der Waals surface area contributed by atoms with Gasteiger partial charge in [-0.25, -0.2) is 8.42 Å². The van der Waals surface area contributed by atoms with E-state index in [-0.39, 0.29) is 4.90 Å². The minimum Gasteiger partial charge on any atom is -0.210 e. The predicted octanol–water partition coefficient (Wildman–Crippen LogP) is 2.56. The van der Waals surface area contributed by atoms with Crippen molar-refractivity contribution in [2.75, 3.05) is 0 Å². The third-order valence-electron chi connectivity index (χ3n) is 2.07. The Balaban J connectivity index is 3.26. The van der Waals surface area contributed by atoms with Gasteiger partial charge < -0.3 is 0 Å². The van der Waals surface area contributed by atoms with Crippen molar-refractivity contribution < 1.29 is 8.42 Å². The first-order valence-electron chi connectivity index (χ1n) is 4.76. The fraction of sp³-hybridized carbons (Fsp3) is 0.333. The van der Waals surface area contributed by atoms with Gasteiger partial charge in [0.05, 0.1) is 4.90 Å². The molecule has 0 atom stereocenters. The van der Waals surface area contributed by atoms with Crippen molar-refractivity contribution in [1.82, 2.24) is 0 Å². The van der Waals surface area contributed by atoms with Crippen molar-refractivity contribution in [3.8, 4) is 11.2 Å². The van der Waals surface area contributed by atoms with Gasteiger partial charge in [-0.2, -0.15) is 0 Å². The van der Waals surface area contributed by atoms with Crippen molar-refractivity contribution >= 4 is 9.84 Å². The van der Waals surface area contributed by atoms with Crippen LogP contribution in [0.2, 0.25) is 0 Å². The van der Waals surface area contributed by atoms with Crippen LogP contribution in [0.4, 0.5) is 0 Å². The number of rotatable bonds is 2. The van der Waals surface area contributed by atoms with Crippen LogP contribution in [0.25, 0.3) is 0 Å². The summed E-state index contributed by atoms with van der Waals surface area (Å²) in [5, 5.41) is 2.23. The number of benzene rings is 1. The molecule has 0 bridgehead atoms. The summed E-state index contributed by atoms with van der Waals surface area (Å²) in [5.41, 5.74) is 1.01. The Hall–Kier alpha value is -1.27. The van der Waals surface area contributed by atoms with Crippen LogP contribution in [0.1, 0.15) is 32.3 Å². The highest BCUT2D eigenvalue weighted by molar-refractivity contribution is 7.96. The molecule has 1 aromatic carbocycles. The van der Waals surface area contributed by atoms with Crippen LogP contribution in [-0.4, -0.2) is 8.42 Å². The highest BCUT2D eigenvalue weighted by Crippen LogP contribution is 2.18. The second-order valence-electron chi connectivity index (χ2n) is 3.58. The maximum absolute atomic E-state index is 11.6. The van der Waals surface area contributed by atoms with Crippen molar-refractivity contribution in [2.24, 2.45) is 0 Å². The molecule has 0 aliphatic carbocycles. The van der Waals surface area contributed by atoms with E-state index in [1.807, 2.05) is 19.9 Å². The van der Waals surface area contributed by atoms with Gasteiger partial charge >= 0.3 is 0 Å². The van der Waals surface area contributed by atoms with Crippen LogP contribution >= 0.6 is 0 Å². The summed E-state index contributed by atoms with van der Waals surface area (Å²) in [6.45, 7) is 5.57. The van der Waals surface area contributed by atoms with E-state index in [4.69, 9.17) is 0 Å². The summed E-state index contributed by atoms with van der Waals surface area (Å²) < 4.78 is 23.3. The van der Waals surface area contributed by atoms with Gasteiger partial charge in [0.2, 0.25) is 9.84 Å². The fourth-order valence-corrected chi connectivity index (χ4v) is 2.17. The Bertz CT molecular complexity index is 502. The molecule has 0 aliphatic heterocycles. The molecule has 0 fully saturated rings. The summed E-state index contributed by atoms with van der Waals surface area (Å²) in [4.78, 5) is 0.281. The van der Waals surface area contributed by atoms with Crippen molar-refractivity contribution in [3.63, 3.8) is 0 Å².